The summed E-state index contributed by atoms with van der Waals surface area (Å²) in [5.74, 6) is -0.614. The number of rotatable bonds is 12. The highest BCUT2D eigenvalue weighted by Gasteiger charge is 2.30. The fourth-order valence-electron chi connectivity index (χ4n) is 3.24. The number of carbonyl (C=O) groups is 4. The van der Waals surface area contributed by atoms with E-state index < -0.39 is 47.5 Å². The van der Waals surface area contributed by atoms with Crippen molar-refractivity contribution in [2.45, 2.75) is 84.3 Å². The van der Waals surface area contributed by atoms with E-state index in [1.54, 1.807) is 71.9 Å². The molecule has 214 valence electrons. The highest BCUT2D eigenvalue weighted by Crippen LogP contribution is 2.14. The third-order valence-corrected chi connectivity index (χ3v) is 4.84. The van der Waals surface area contributed by atoms with E-state index >= 15 is 0 Å². The van der Waals surface area contributed by atoms with Crippen LogP contribution in [-0.2, 0) is 20.8 Å². The van der Waals surface area contributed by atoms with Gasteiger partial charge in [0.1, 0.15) is 17.2 Å². The number of nitrogens with zero attached hydrogens (tertiary/aromatic N) is 1. The molecule has 1 rings (SSSR count). The summed E-state index contributed by atoms with van der Waals surface area (Å²) in [5, 5.41) is 27.7. The van der Waals surface area contributed by atoms with Gasteiger partial charge in [-0.05, 0) is 59.9 Å². The van der Waals surface area contributed by atoms with Crippen molar-refractivity contribution >= 4 is 24.2 Å². The van der Waals surface area contributed by atoms with Gasteiger partial charge in [-0.25, -0.2) is 14.4 Å². The third-order valence-electron chi connectivity index (χ3n) is 4.84. The van der Waals surface area contributed by atoms with Crippen molar-refractivity contribution in [3.63, 3.8) is 0 Å². The largest absolute Gasteiger partial charge is 0.465 e. The van der Waals surface area contributed by atoms with Gasteiger partial charge in [-0.15, -0.1) is 0 Å². The van der Waals surface area contributed by atoms with Crippen LogP contribution in [0.2, 0.25) is 0 Å². The molecule has 1 unspecified atom stereocenters. The number of alkyl carbamates (subject to hydrolysis) is 2. The average molecular weight is 539 g/mol. The van der Waals surface area contributed by atoms with Gasteiger partial charge in [0.2, 0.25) is 5.91 Å². The molecule has 0 aliphatic rings. The summed E-state index contributed by atoms with van der Waals surface area (Å²) in [7, 11) is 0. The van der Waals surface area contributed by atoms with Gasteiger partial charge in [-0.1, -0.05) is 30.3 Å². The van der Waals surface area contributed by atoms with Crippen LogP contribution in [0, 0.1) is 0 Å². The lowest BCUT2D eigenvalue weighted by atomic mass is 10.1. The molecule has 1 aromatic carbocycles. The Morgan fingerprint density at radius 2 is 1.39 bits per heavy atom. The zero-order valence-electron chi connectivity index (χ0n) is 23.1. The molecule has 2 atom stereocenters. The molecule has 0 saturated carbocycles. The molecule has 4 amide bonds. The molecule has 0 heterocycles. The zero-order valence-corrected chi connectivity index (χ0v) is 23.1. The van der Waals surface area contributed by atoms with Crippen molar-refractivity contribution in [2.75, 3.05) is 19.6 Å². The van der Waals surface area contributed by atoms with Crippen LogP contribution >= 0.6 is 0 Å². The smallest absolute Gasteiger partial charge is 0.408 e. The molecule has 0 bridgehead atoms. The quantitative estimate of drug-likeness (QED) is 0.253. The summed E-state index contributed by atoms with van der Waals surface area (Å²) in [5.41, 5.74) is -0.670. The van der Waals surface area contributed by atoms with Crippen LogP contribution in [-0.4, -0.2) is 82.3 Å². The van der Waals surface area contributed by atoms with Crippen molar-refractivity contribution in [2.24, 2.45) is 0 Å². The standard InChI is InChI=1S/C26H42N4O8/c1-25(2,3)37-22(33)27-14-10-13-20(30(24(35)36)17-18-11-8-7-9-12-18)21(32)28-15-19(31)16-29-23(34)38-26(4,5)6/h7-9,11-12,19-20,31H,10,13-17H2,1-6H3,(H,27,33)(H,28,32)(H,29,34)(H,35,36)/t19?,20-/m0/s1. The summed E-state index contributed by atoms with van der Waals surface area (Å²) < 4.78 is 10.3. The van der Waals surface area contributed by atoms with E-state index in [2.05, 4.69) is 16.0 Å². The number of ether oxygens (including phenoxy) is 2. The first-order chi connectivity index (χ1) is 17.6. The Bertz CT molecular complexity index is 912. The van der Waals surface area contributed by atoms with Gasteiger partial charge >= 0.3 is 18.3 Å². The number of benzene rings is 1. The Morgan fingerprint density at radius 1 is 0.868 bits per heavy atom. The van der Waals surface area contributed by atoms with E-state index in [0.717, 1.165) is 4.90 Å². The second kappa shape index (κ2) is 15.0. The molecule has 0 fully saturated rings. The summed E-state index contributed by atoms with van der Waals surface area (Å²) in [6.07, 6.45) is -3.35. The molecule has 1 aromatic rings. The Labute approximate surface area is 224 Å². The minimum Gasteiger partial charge on any atom is -0.465 e. The monoisotopic (exact) mass is 538 g/mol. The first-order valence-corrected chi connectivity index (χ1v) is 12.5. The van der Waals surface area contributed by atoms with Gasteiger partial charge in [-0.3, -0.25) is 9.69 Å². The summed E-state index contributed by atoms with van der Waals surface area (Å²) >= 11 is 0. The van der Waals surface area contributed by atoms with Crippen LogP contribution in [0.25, 0.3) is 0 Å². The Morgan fingerprint density at radius 3 is 1.92 bits per heavy atom. The highest BCUT2D eigenvalue weighted by atomic mass is 16.6. The lowest BCUT2D eigenvalue weighted by Gasteiger charge is -2.29. The Balaban J connectivity index is 2.80. The van der Waals surface area contributed by atoms with Gasteiger partial charge in [0.25, 0.3) is 0 Å². The van der Waals surface area contributed by atoms with E-state index in [0.29, 0.717) is 12.0 Å². The molecular weight excluding hydrogens is 496 g/mol. The SMILES string of the molecule is CC(C)(C)OC(=O)NCCC[C@@H](C(=O)NCC(O)CNC(=O)OC(C)(C)C)N(Cc1ccccc1)C(=O)O. The fraction of sp³-hybridized carbons (Fsp3) is 0.615. The Hall–Kier alpha value is -3.54. The van der Waals surface area contributed by atoms with E-state index in [1.807, 2.05) is 0 Å². The molecule has 38 heavy (non-hydrogen) atoms. The van der Waals surface area contributed by atoms with Crippen molar-refractivity contribution in [3.8, 4) is 0 Å². The number of amides is 4. The molecule has 0 aliphatic carbocycles. The molecule has 5 N–H and O–H groups in total. The van der Waals surface area contributed by atoms with Gasteiger partial charge in [-0.2, -0.15) is 0 Å². The number of hydrogen-bond donors (Lipinski definition) is 5. The lowest BCUT2D eigenvalue weighted by Crippen LogP contribution is -2.51. The maximum atomic E-state index is 13.1. The van der Waals surface area contributed by atoms with Crippen LogP contribution in [0.4, 0.5) is 14.4 Å². The van der Waals surface area contributed by atoms with E-state index in [1.165, 1.54) is 0 Å². The number of hydrogen-bond acceptors (Lipinski definition) is 7. The minimum atomic E-state index is -1.29. The second-order valence-corrected chi connectivity index (χ2v) is 10.8. The maximum absolute atomic E-state index is 13.1. The van der Waals surface area contributed by atoms with Gasteiger partial charge in [0, 0.05) is 26.2 Å². The van der Waals surface area contributed by atoms with Crippen LogP contribution in [0.15, 0.2) is 30.3 Å². The molecular formula is C26H42N4O8. The zero-order chi connectivity index (χ0) is 28.9. The van der Waals surface area contributed by atoms with Crippen molar-refractivity contribution in [1.82, 2.24) is 20.9 Å². The first-order valence-electron chi connectivity index (χ1n) is 12.5. The predicted octanol–water partition coefficient (Wildman–Crippen LogP) is 2.84. The first kappa shape index (κ1) is 32.5. The van der Waals surface area contributed by atoms with Crippen LogP contribution in [0.5, 0.6) is 0 Å². The van der Waals surface area contributed by atoms with Crippen molar-refractivity contribution < 1.29 is 38.9 Å². The topological polar surface area (TPSA) is 167 Å². The van der Waals surface area contributed by atoms with E-state index in [-0.39, 0.29) is 32.6 Å². The Kier molecular flexibility index (Phi) is 12.8. The molecule has 0 aliphatic heterocycles. The predicted molar refractivity (Wildman–Crippen MR) is 141 cm³/mol. The van der Waals surface area contributed by atoms with E-state index in [9.17, 15) is 29.4 Å². The van der Waals surface area contributed by atoms with Crippen LogP contribution in [0.1, 0.15) is 59.9 Å². The normalized spacial score (nSPS) is 13.0. The average Bonchev–Trinajstić information content (AvgIpc) is 2.78. The van der Waals surface area contributed by atoms with E-state index in [4.69, 9.17) is 9.47 Å². The number of nitrogens with one attached hydrogen (secondary N) is 3. The van der Waals surface area contributed by atoms with Crippen molar-refractivity contribution in [3.05, 3.63) is 35.9 Å². The second-order valence-electron chi connectivity index (χ2n) is 10.8. The number of aliphatic hydroxyl groups is 1. The number of aliphatic hydroxyl groups excluding tert-OH is 1. The lowest BCUT2D eigenvalue weighted by molar-refractivity contribution is -0.126. The molecule has 12 heteroatoms. The maximum Gasteiger partial charge on any atom is 0.408 e. The van der Waals surface area contributed by atoms with Gasteiger partial charge in [0.05, 0.1) is 6.10 Å². The summed E-state index contributed by atoms with van der Waals surface area (Å²) in [4.78, 5) is 49.9. The number of carbonyl (C=O) groups excluding carboxylic acids is 3. The fourth-order valence-corrected chi connectivity index (χ4v) is 3.24. The summed E-state index contributed by atoms with van der Waals surface area (Å²) in [6.45, 7) is 10.1. The van der Waals surface area contributed by atoms with Crippen LogP contribution in [0.3, 0.4) is 0 Å². The molecule has 0 aromatic heterocycles. The summed E-state index contributed by atoms with van der Waals surface area (Å²) in [6, 6.07) is 7.74. The molecule has 0 saturated heterocycles. The highest BCUT2D eigenvalue weighted by molar-refractivity contribution is 5.85. The van der Waals surface area contributed by atoms with Crippen molar-refractivity contribution in [1.29, 1.82) is 0 Å². The van der Waals surface area contributed by atoms with Gasteiger partial charge in [0.15, 0.2) is 0 Å². The minimum absolute atomic E-state index is 0.0312. The molecule has 0 radical (unpaired) electrons. The van der Waals surface area contributed by atoms with Gasteiger partial charge < -0.3 is 35.6 Å². The molecule has 12 nitrogen and oxygen atoms in total. The third kappa shape index (κ3) is 14.3. The number of carboxylic acid groups (broad SMARTS) is 1. The van der Waals surface area contributed by atoms with Crippen LogP contribution < -0.4 is 16.0 Å². The molecule has 0 spiro atoms.